The van der Waals surface area contributed by atoms with E-state index in [-0.39, 0.29) is 23.9 Å². The number of carbonyl (C=O) groups excluding carboxylic acids is 1. The van der Waals surface area contributed by atoms with Crippen LogP contribution in [0.5, 0.6) is 0 Å². The number of carbonyl (C=O) groups is 1. The predicted octanol–water partition coefficient (Wildman–Crippen LogP) is 1.04. The number of hydrogen-bond donors (Lipinski definition) is 0. The number of ether oxygens (including phenoxy) is 1. The molecule has 0 aliphatic heterocycles. The summed E-state index contributed by atoms with van der Waals surface area (Å²) in [5, 5.41) is 4.31. The van der Waals surface area contributed by atoms with Crippen molar-refractivity contribution < 1.29 is 17.9 Å². The maximum Gasteiger partial charge on any atom is 0.310 e. The Bertz CT molecular complexity index is 575. The summed E-state index contributed by atoms with van der Waals surface area (Å²) in [6.45, 7) is 7.70. The van der Waals surface area contributed by atoms with Gasteiger partial charge in [-0.1, -0.05) is 6.92 Å². The smallest absolute Gasteiger partial charge is 0.310 e. The lowest BCUT2D eigenvalue weighted by Gasteiger charge is -2.06. The molecule has 1 heterocycles. The minimum absolute atomic E-state index is 0.0598. The van der Waals surface area contributed by atoms with E-state index < -0.39 is 9.84 Å². The molecule has 0 aromatic carbocycles. The lowest BCUT2D eigenvalue weighted by molar-refractivity contribution is -0.142. The first-order valence-electron chi connectivity index (χ1n) is 6.69. The summed E-state index contributed by atoms with van der Waals surface area (Å²) in [6, 6.07) is 0. The van der Waals surface area contributed by atoms with Gasteiger partial charge in [-0.2, -0.15) is 5.10 Å². The monoisotopic (exact) mass is 302 g/mol. The van der Waals surface area contributed by atoms with Crippen LogP contribution in [0.4, 0.5) is 0 Å². The van der Waals surface area contributed by atoms with Gasteiger partial charge in [-0.05, 0) is 20.8 Å². The highest BCUT2D eigenvalue weighted by Gasteiger charge is 2.17. The number of sulfone groups is 1. The van der Waals surface area contributed by atoms with Gasteiger partial charge in [0.1, 0.15) is 0 Å². The Labute approximate surface area is 120 Å². The molecule has 0 aliphatic rings. The summed E-state index contributed by atoms with van der Waals surface area (Å²) in [4.78, 5) is 11.5. The number of hydrogen-bond acceptors (Lipinski definition) is 5. The molecule has 7 heteroatoms. The van der Waals surface area contributed by atoms with E-state index in [0.717, 1.165) is 17.0 Å². The van der Waals surface area contributed by atoms with Gasteiger partial charge in [-0.3, -0.25) is 9.48 Å². The molecule has 0 spiro atoms. The van der Waals surface area contributed by atoms with Crippen LogP contribution in [0.3, 0.4) is 0 Å². The third-order valence-corrected chi connectivity index (χ3v) is 4.90. The van der Waals surface area contributed by atoms with Crippen molar-refractivity contribution in [3.05, 3.63) is 17.0 Å². The van der Waals surface area contributed by atoms with Gasteiger partial charge in [0.25, 0.3) is 0 Å². The van der Waals surface area contributed by atoms with Crippen LogP contribution in [0.15, 0.2) is 0 Å². The summed E-state index contributed by atoms with van der Waals surface area (Å²) < 4.78 is 29.6. The Morgan fingerprint density at radius 2 is 1.95 bits per heavy atom. The molecule has 0 saturated heterocycles. The molecule has 0 amide bonds. The summed E-state index contributed by atoms with van der Waals surface area (Å²) >= 11 is 0. The van der Waals surface area contributed by atoms with Crippen LogP contribution in [0.2, 0.25) is 0 Å². The van der Waals surface area contributed by atoms with Gasteiger partial charge in [0.2, 0.25) is 0 Å². The van der Waals surface area contributed by atoms with Gasteiger partial charge in [-0.15, -0.1) is 0 Å². The summed E-state index contributed by atoms with van der Waals surface area (Å²) in [7, 11) is -3.02. The van der Waals surface area contributed by atoms with Crippen LogP contribution >= 0.6 is 0 Å². The minimum Gasteiger partial charge on any atom is -0.466 e. The topological polar surface area (TPSA) is 78.3 Å². The number of esters is 1. The van der Waals surface area contributed by atoms with E-state index in [1.807, 2.05) is 13.8 Å². The summed E-state index contributed by atoms with van der Waals surface area (Å²) in [5.41, 5.74) is 2.38. The van der Waals surface area contributed by atoms with Crippen molar-refractivity contribution >= 4 is 15.8 Å². The van der Waals surface area contributed by atoms with E-state index in [2.05, 4.69) is 5.10 Å². The highest BCUT2D eigenvalue weighted by molar-refractivity contribution is 7.91. The Morgan fingerprint density at radius 3 is 2.50 bits per heavy atom. The van der Waals surface area contributed by atoms with Crippen LogP contribution in [0, 0.1) is 13.8 Å². The first-order chi connectivity index (χ1) is 9.30. The van der Waals surface area contributed by atoms with Crippen molar-refractivity contribution in [1.82, 2.24) is 9.78 Å². The molecule has 0 aliphatic carbocycles. The van der Waals surface area contributed by atoms with Crippen LogP contribution in [0.25, 0.3) is 0 Å². The second-order valence-electron chi connectivity index (χ2n) is 4.59. The average molecular weight is 302 g/mol. The Morgan fingerprint density at radius 1 is 1.30 bits per heavy atom. The van der Waals surface area contributed by atoms with Gasteiger partial charge in [0, 0.05) is 17.0 Å². The lowest BCUT2D eigenvalue weighted by atomic mass is 10.1. The van der Waals surface area contributed by atoms with E-state index in [9.17, 15) is 13.2 Å². The molecule has 20 heavy (non-hydrogen) atoms. The molecule has 0 unspecified atom stereocenters. The molecular formula is C13H22N2O4S. The highest BCUT2D eigenvalue weighted by Crippen LogP contribution is 2.14. The van der Waals surface area contributed by atoms with Crippen LogP contribution in [-0.2, 0) is 32.3 Å². The minimum atomic E-state index is -3.02. The fourth-order valence-electron chi connectivity index (χ4n) is 1.93. The van der Waals surface area contributed by atoms with Gasteiger partial charge < -0.3 is 4.74 Å². The summed E-state index contributed by atoms with van der Waals surface area (Å²) in [5.74, 6) is -0.105. The zero-order valence-corrected chi connectivity index (χ0v) is 13.3. The maximum atomic E-state index is 11.5. The van der Waals surface area contributed by atoms with Crippen molar-refractivity contribution in [2.45, 2.75) is 40.7 Å². The number of aromatic nitrogens is 2. The molecule has 1 aromatic heterocycles. The molecular weight excluding hydrogens is 280 g/mol. The predicted molar refractivity (Wildman–Crippen MR) is 76.4 cm³/mol. The van der Waals surface area contributed by atoms with E-state index in [1.165, 1.54) is 0 Å². The molecule has 0 radical (unpaired) electrons. The van der Waals surface area contributed by atoms with Crippen molar-refractivity contribution in [1.29, 1.82) is 0 Å². The Balaban J connectivity index is 2.84. The van der Waals surface area contributed by atoms with E-state index in [4.69, 9.17) is 4.74 Å². The molecule has 0 bridgehead atoms. The largest absolute Gasteiger partial charge is 0.466 e. The standard InChI is InChI=1S/C13H22N2O4S/c1-5-19-13(16)9-12-10(3)14-15(11(12)4)7-8-20(17,18)6-2/h5-9H2,1-4H3. The SMILES string of the molecule is CCOC(=O)Cc1c(C)nn(CCS(=O)(=O)CC)c1C. The molecule has 6 nitrogen and oxygen atoms in total. The number of nitrogens with zero attached hydrogens (tertiary/aromatic N) is 2. The van der Waals surface area contributed by atoms with Gasteiger partial charge in [0.15, 0.2) is 9.84 Å². The fourth-order valence-corrected chi connectivity index (χ4v) is 2.67. The molecule has 0 atom stereocenters. The van der Waals surface area contributed by atoms with Crippen LogP contribution in [0.1, 0.15) is 30.8 Å². The third-order valence-electron chi connectivity index (χ3n) is 3.21. The second-order valence-corrected chi connectivity index (χ2v) is 7.06. The van der Waals surface area contributed by atoms with E-state index in [0.29, 0.717) is 13.2 Å². The molecule has 0 N–H and O–H groups in total. The quantitative estimate of drug-likeness (QED) is 0.703. The van der Waals surface area contributed by atoms with Crippen LogP contribution < -0.4 is 0 Å². The molecule has 1 rings (SSSR count). The molecule has 1 aromatic rings. The molecule has 0 fully saturated rings. The maximum absolute atomic E-state index is 11.5. The van der Waals surface area contributed by atoms with Crippen molar-refractivity contribution in [3.8, 4) is 0 Å². The molecule has 114 valence electrons. The first-order valence-corrected chi connectivity index (χ1v) is 8.51. The summed E-state index contributed by atoms with van der Waals surface area (Å²) in [6.07, 6.45) is 0.173. The second kappa shape index (κ2) is 6.88. The number of rotatable bonds is 7. The van der Waals surface area contributed by atoms with Crippen LogP contribution in [-0.4, -0.2) is 42.3 Å². The third kappa shape index (κ3) is 4.33. The average Bonchev–Trinajstić information content (AvgIpc) is 2.64. The number of aryl methyl sites for hydroxylation is 2. The Kier molecular flexibility index (Phi) is 5.74. The van der Waals surface area contributed by atoms with E-state index >= 15 is 0 Å². The zero-order chi connectivity index (χ0) is 15.3. The lowest BCUT2D eigenvalue weighted by Crippen LogP contribution is -2.16. The zero-order valence-electron chi connectivity index (χ0n) is 12.5. The van der Waals surface area contributed by atoms with E-state index in [1.54, 1.807) is 18.5 Å². The molecule has 0 saturated carbocycles. The highest BCUT2D eigenvalue weighted by atomic mass is 32.2. The van der Waals surface area contributed by atoms with Crippen molar-refractivity contribution in [2.24, 2.45) is 0 Å². The first kappa shape index (κ1) is 16.7. The van der Waals surface area contributed by atoms with Crippen molar-refractivity contribution in [2.75, 3.05) is 18.1 Å². The van der Waals surface area contributed by atoms with Gasteiger partial charge in [0.05, 0.1) is 31.0 Å². The van der Waals surface area contributed by atoms with Crippen molar-refractivity contribution in [3.63, 3.8) is 0 Å². The van der Waals surface area contributed by atoms with Gasteiger partial charge in [-0.25, -0.2) is 8.42 Å². The van der Waals surface area contributed by atoms with Gasteiger partial charge >= 0.3 is 5.97 Å². The Hall–Kier alpha value is -1.37. The fraction of sp³-hybridized carbons (Fsp3) is 0.692. The normalized spacial score (nSPS) is 11.6.